The van der Waals surface area contributed by atoms with Gasteiger partial charge in [-0.25, -0.2) is 8.42 Å². The lowest BCUT2D eigenvalue weighted by atomic mass is 9.72. The van der Waals surface area contributed by atoms with E-state index in [1.165, 1.54) is 6.26 Å². The van der Waals surface area contributed by atoms with Gasteiger partial charge in [0.15, 0.2) is 0 Å². The summed E-state index contributed by atoms with van der Waals surface area (Å²) in [6.45, 7) is 1.94. The summed E-state index contributed by atoms with van der Waals surface area (Å²) in [4.78, 5) is 1.13. The van der Waals surface area contributed by atoms with Gasteiger partial charge in [0.1, 0.15) is 15.6 Å². The molecule has 1 aliphatic rings. The van der Waals surface area contributed by atoms with E-state index < -0.39 is 9.84 Å². The van der Waals surface area contributed by atoms with Gasteiger partial charge in [-0.1, -0.05) is 6.42 Å². The zero-order chi connectivity index (χ0) is 12.5. The van der Waals surface area contributed by atoms with Gasteiger partial charge in [-0.3, -0.25) is 0 Å². The number of furan rings is 1. The van der Waals surface area contributed by atoms with Crippen LogP contribution in [0.3, 0.4) is 0 Å². The maximum atomic E-state index is 11.4. The molecule has 0 N–H and O–H groups in total. The van der Waals surface area contributed by atoms with Crippen molar-refractivity contribution in [3.05, 3.63) is 18.1 Å². The van der Waals surface area contributed by atoms with Gasteiger partial charge in [-0.15, -0.1) is 11.8 Å². The van der Waals surface area contributed by atoms with Crippen LogP contribution in [0.2, 0.25) is 0 Å². The highest BCUT2D eigenvalue weighted by molar-refractivity contribution is 7.99. The predicted molar refractivity (Wildman–Crippen MR) is 70.2 cm³/mol. The van der Waals surface area contributed by atoms with Gasteiger partial charge in [-0.2, -0.15) is 0 Å². The molecule has 17 heavy (non-hydrogen) atoms. The van der Waals surface area contributed by atoms with E-state index in [4.69, 9.17) is 4.42 Å². The Balaban J connectivity index is 1.99. The average Bonchev–Trinajstić information content (AvgIpc) is 2.54. The minimum atomic E-state index is -2.88. The third-order valence-electron chi connectivity index (χ3n) is 3.33. The largest absolute Gasteiger partial charge is 0.468 e. The van der Waals surface area contributed by atoms with Gasteiger partial charge in [-0.05, 0) is 31.2 Å². The molecule has 1 aromatic heterocycles. The van der Waals surface area contributed by atoms with Crippen LogP contribution >= 0.6 is 11.8 Å². The molecule has 1 saturated carbocycles. The van der Waals surface area contributed by atoms with Crippen molar-refractivity contribution in [3.63, 3.8) is 0 Å². The smallest absolute Gasteiger partial charge is 0.148 e. The van der Waals surface area contributed by atoms with E-state index in [1.807, 2.05) is 13.0 Å². The molecular weight excluding hydrogens is 256 g/mol. The molecule has 1 aromatic rings. The third-order valence-corrected chi connectivity index (χ3v) is 5.96. The second-order valence-electron chi connectivity index (χ2n) is 5.05. The summed E-state index contributed by atoms with van der Waals surface area (Å²) in [6, 6.07) is 1.95. The predicted octanol–water partition coefficient (Wildman–Crippen LogP) is 2.90. The highest BCUT2D eigenvalue weighted by Crippen LogP contribution is 2.46. The molecule has 0 spiro atoms. The number of hydrogen-bond acceptors (Lipinski definition) is 4. The fraction of sp³-hybridized carbons (Fsp3) is 0.667. The Morgan fingerprint density at radius 2 is 2.18 bits per heavy atom. The first-order valence-corrected chi connectivity index (χ1v) is 8.80. The number of rotatable bonds is 5. The fourth-order valence-corrected chi connectivity index (χ4v) is 5.21. The minimum absolute atomic E-state index is 0.00194. The molecule has 0 aliphatic heterocycles. The molecule has 5 heteroatoms. The third kappa shape index (κ3) is 3.28. The summed E-state index contributed by atoms with van der Waals surface area (Å²) in [5, 5.41) is 0. The highest BCUT2D eigenvalue weighted by atomic mass is 32.2. The lowest BCUT2D eigenvalue weighted by Gasteiger charge is -2.41. The normalized spacial score (nSPS) is 18.9. The molecule has 1 aliphatic carbocycles. The molecule has 0 saturated heterocycles. The summed E-state index contributed by atoms with van der Waals surface area (Å²) in [5.74, 6) is 2.12. The van der Waals surface area contributed by atoms with E-state index >= 15 is 0 Å². The SMILES string of the molecule is Cc1occc1SCC1(CS(C)(=O)=O)CCC1. The van der Waals surface area contributed by atoms with E-state index in [0.29, 0.717) is 5.75 Å². The zero-order valence-corrected chi connectivity index (χ0v) is 11.9. The molecule has 0 atom stereocenters. The fourth-order valence-electron chi connectivity index (χ4n) is 2.32. The van der Waals surface area contributed by atoms with Crippen LogP contribution in [0, 0.1) is 12.3 Å². The number of sulfone groups is 1. The standard InChI is InChI=1S/C12H18O3S2/c1-10-11(4-7-15-10)16-8-12(5-3-6-12)9-17(2,13)14/h4,7H,3,5-6,8-9H2,1-2H3. The topological polar surface area (TPSA) is 47.3 Å². The summed E-state index contributed by atoms with van der Waals surface area (Å²) < 4.78 is 28.1. The van der Waals surface area contributed by atoms with Gasteiger partial charge in [0.2, 0.25) is 0 Å². The molecule has 3 nitrogen and oxygen atoms in total. The summed E-state index contributed by atoms with van der Waals surface area (Å²) in [6.07, 6.45) is 6.23. The van der Waals surface area contributed by atoms with Crippen LogP contribution in [0.5, 0.6) is 0 Å². The van der Waals surface area contributed by atoms with Crippen LogP contribution in [0.1, 0.15) is 25.0 Å². The van der Waals surface area contributed by atoms with Crippen LogP contribution in [-0.2, 0) is 9.84 Å². The Kier molecular flexibility index (Phi) is 3.59. The zero-order valence-electron chi connectivity index (χ0n) is 10.2. The van der Waals surface area contributed by atoms with Crippen molar-refractivity contribution in [1.82, 2.24) is 0 Å². The van der Waals surface area contributed by atoms with Gasteiger partial charge in [0, 0.05) is 16.9 Å². The quantitative estimate of drug-likeness (QED) is 0.775. The van der Waals surface area contributed by atoms with Crippen LogP contribution < -0.4 is 0 Å². The number of thioether (sulfide) groups is 1. The molecule has 0 aromatic carbocycles. The van der Waals surface area contributed by atoms with Crippen molar-refractivity contribution in [2.45, 2.75) is 31.1 Å². The summed E-state index contributed by atoms with van der Waals surface area (Å²) in [7, 11) is -2.88. The monoisotopic (exact) mass is 274 g/mol. The van der Waals surface area contributed by atoms with Crippen LogP contribution in [0.15, 0.2) is 21.6 Å². The number of aryl methyl sites for hydroxylation is 1. The first-order valence-electron chi connectivity index (χ1n) is 5.75. The van der Waals surface area contributed by atoms with Crippen molar-refractivity contribution in [2.24, 2.45) is 5.41 Å². The van der Waals surface area contributed by atoms with E-state index in [2.05, 4.69) is 0 Å². The lowest BCUT2D eigenvalue weighted by Crippen LogP contribution is -2.38. The Labute approximate surface area is 107 Å². The molecule has 0 radical (unpaired) electrons. The van der Waals surface area contributed by atoms with Crippen molar-refractivity contribution >= 4 is 21.6 Å². The van der Waals surface area contributed by atoms with Crippen molar-refractivity contribution in [1.29, 1.82) is 0 Å². The van der Waals surface area contributed by atoms with Crippen LogP contribution in [0.4, 0.5) is 0 Å². The molecule has 0 amide bonds. The summed E-state index contributed by atoms with van der Waals surface area (Å²) >= 11 is 1.72. The molecule has 96 valence electrons. The Morgan fingerprint density at radius 1 is 1.47 bits per heavy atom. The first-order chi connectivity index (χ1) is 7.90. The summed E-state index contributed by atoms with van der Waals surface area (Å²) in [5.41, 5.74) is 0.00194. The Morgan fingerprint density at radius 3 is 2.59 bits per heavy atom. The minimum Gasteiger partial charge on any atom is -0.468 e. The van der Waals surface area contributed by atoms with Crippen molar-refractivity contribution < 1.29 is 12.8 Å². The molecule has 2 rings (SSSR count). The van der Waals surface area contributed by atoms with E-state index in [-0.39, 0.29) is 5.41 Å². The molecule has 0 unspecified atom stereocenters. The second-order valence-corrected chi connectivity index (χ2v) is 8.21. The highest BCUT2D eigenvalue weighted by Gasteiger charge is 2.39. The van der Waals surface area contributed by atoms with Crippen molar-refractivity contribution in [2.75, 3.05) is 17.8 Å². The number of hydrogen-bond donors (Lipinski definition) is 0. The van der Waals surface area contributed by atoms with Crippen LogP contribution in [-0.4, -0.2) is 26.2 Å². The average molecular weight is 274 g/mol. The molecular formula is C12H18O3S2. The van der Waals surface area contributed by atoms with Gasteiger partial charge in [0.05, 0.1) is 12.0 Å². The van der Waals surface area contributed by atoms with E-state index in [9.17, 15) is 8.42 Å². The van der Waals surface area contributed by atoms with Gasteiger partial charge < -0.3 is 4.42 Å². The van der Waals surface area contributed by atoms with E-state index in [1.54, 1.807) is 18.0 Å². The first kappa shape index (κ1) is 13.0. The lowest BCUT2D eigenvalue weighted by molar-refractivity contribution is 0.201. The van der Waals surface area contributed by atoms with Gasteiger partial charge >= 0.3 is 0 Å². The van der Waals surface area contributed by atoms with Crippen molar-refractivity contribution in [3.8, 4) is 0 Å². The second kappa shape index (κ2) is 4.69. The van der Waals surface area contributed by atoms with Gasteiger partial charge in [0.25, 0.3) is 0 Å². The molecule has 1 fully saturated rings. The maximum absolute atomic E-state index is 11.4. The maximum Gasteiger partial charge on any atom is 0.148 e. The van der Waals surface area contributed by atoms with E-state index in [0.717, 1.165) is 35.7 Å². The Hall–Kier alpha value is -0.420. The molecule has 1 heterocycles. The molecule has 0 bridgehead atoms. The Bertz CT molecular complexity index is 484. The van der Waals surface area contributed by atoms with Crippen LogP contribution in [0.25, 0.3) is 0 Å².